The number of allylic oxidation sites excluding steroid dienone is 1. The Balaban J connectivity index is 1.82. The zero-order valence-corrected chi connectivity index (χ0v) is 13.1. The van der Waals surface area contributed by atoms with Crippen molar-refractivity contribution in [3.05, 3.63) is 34.9 Å². The monoisotopic (exact) mass is 289 g/mol. The molecule has 0 atom stereocenters. The van der Waals surface area contributed by atoms with Crippen molar-refractivity contribution in [3.8, 4) is 0 Å². The summed E-state index contributed by atoms with van der Waals surface area (Å²) >= 11 is 6.21. The van der Waals surface area contributed by atoms with Crippen LogP contribution in [0.15, 0.2) is 23.8 Å². The van der Waals surface area contributed by atoms with Crippen LogP contribution in [0.4, 0.5) is 5.69 Å². The van der Waals surface area contributed by atoms with Gasteiger partial charge in [0.15, 0.2) is 0 Å². The van der Waals surface area contributed by atoms with Crippen LogP contribution in [0.25, 0.3) is 6.08 Å². The van der Waals surface area contributed by atoms with Gasteiger partial charge in [0.25, 0.3) is 0 Å². The first-order valence-corrected chi connectivity index (χ1v) is 8.42. The number of halogens is 1. The highest BCUT2D eigenvalue weighted by Crippen LogP contribution is 2.33. The van der Waals surface area contributed by atoms with E-state index in [4.69, 9.17) is 11.6 Å². The van der Waals surface area contributed by atoms with Crippen molar-refractivity contribution < 1.29 is 0 Å². The Bertz CT molecular complexity index is 500. The van der Waals surface area contributed by atoms with Crippen LogP contribution in [0.2, 0.25) is 0 Å². The molecule has 1 nitrogen and oxygen atoms in total. The van der Waals surface area contributed by atoms with Crippen LogP contribution in [0.1, 0.15) is 43.2 Å². The third kappa shape index (κ3) is 2.88. The molecule has 1 aliphatic heterocycles. The van der Waals surface area contributed by atoms with Crippen LogP contribution in [0, 0.1) is 5.92 Å². The first kappa shape index (κ1) is 14.0. The largest absolute Gasteiger partial charge is 0.374 e. The fourth-order valence-electron chi connectivity index (χ4n) is 3.63. The number of alkyl halides is 1. The number of fused-ring (bicyclic) bond motifs is 1. The quantitative estimate of drug-likeness (QED) is 0.717. The number of nitrogens with zero attached hydrogens (tertiary/aromatic N) is 1. The molecule has 3 rings (SSSR count). The van der Waals surface area contributed by atoms with Gasteiger partial charge in [-0.3, -0.25) is 0 Å². The van der Waals surface area contributed by atoms with Gasteiger partial charge < -0.3 is 4.90 Å². The van der Waals surface area contributed by atoms with Gasteiger partial charge in [-0.1, -0.05) is 37.0 Å². The fourth-order valence-corrected chi connectivity index (χ4v) is 3.92. The zero-order valence-electron chi connectivity index (χ0n) is 12.4. The molecule has 2 heteroatoms. The molecular formula is C18H24ClN. The summed E-state index contributed by atoms with van der Waals surface area (Å²) in [7, 11) is 2.17. The smallest absolute Gasteiger partial charge is 0.0439 e. The molecule has 0 unspecified atom stereocenters. The standard InChI is InChI=1S/C18H24ClN/c1-20-10-9-16-11-14(7-8-18(16)20)12-17(13-19)15-5-3-2-4-6-15/h7-8,11-12,15H,2-6,9-10,13H2,1H3/b17-12-. The number of rotatable bonds is 3. The van der Waals surface area contributed by atoms with Crippen LogP contribution in [-0.4, -0.2) is 19.5 Å². The van der Waals surface area contributed by atoms with E-state index in [0.29, 0.717) is 5.88 Å². The molecule has 1 aromatic carbocycles. The first-order valence-electron chi connectivity index (χ1n) is 7.88. The number of benzene rings is 1. The van der Waals surface area contributed by atoms with E-state index in [-0.39, 0.29) is 0 Å². The maximum absolute atomic E-state index is 6.21. The van der Waals surface area contributed by atoms with Crippen LogP contribution in [0.5, 0.6) is 0 Å². The normalized spacial score (nSPS) is 20.3. The molecule has 1 heterocycles. The first-order chi connectivity index (χ1) is 9.78. The second-order valence-electron chi connectivity index (χ2n) is 6.25. The van der Waals surface area contributed by atoms with E-state index in [2.05, 4.69) is 36.2 Å². The highest BCUT2D eigenvalue weighted by molar-refractivity contribution is 6.19. The third-order valence-electron chi connectivity index (χ3n) is 4.87. The molecule has 0 radical (unpaired) electrons. The lowest BCUT2D eigenvalue weighted by molar-refractivity contribution is 0.405. The minimum absolute atomic E-state index is 0.682. The van der Waals surface area contributed by atoms with Gasteiger partial charge in [-0.15, -0.1) is 11.6 Å². The van der Waals surface area contributed by atoms with E-state index in [0.717, 1.165) is 12.5 Å². The highest BCUT2D eigenvalue weighted by atomic mass is 35.5. The van der Waals surface area contributed by atoms with Gasteiger partial charge in [0, 0.05) is 25.2 Å². The van der Waals surface area contributed by atoms with E-state index < -0.39 is 0 Å². The molecule has 0 N–H and O–H groups in total. The lowest BCUT2D eigenvalue weighted by Crippen LogP contribution is -2.12. The van der Waals surface area contributed by atoms with Gasteiger partial charge in [-0.25, -0.2) is 0 Å². The number of anilines is 1. The molecule has 1 saturated carbocycles. The summed E-state index contributed by atoms with van der Waals surface area (Å²) in [6.07, 6.45) is 10.3. The van der Waals surface area contributed by atoms with Crippen molar-refractivity contribution in [1.29, 1.82) is 0 Å². The van der Waals surface area contributed by atoms with Crippen LogP contribution >= 0.6 is 11.6 Å². The maximum atomic E-state index is 6.21. The number of hydrogen-bond donors (Lipinski definition) is 0. The Morgan fingerprint density at radius 3 is 2.85 bits per heavy atom. The van der Waals surface area contributed by atoms with Gasteiger partial charge in [0.2, 0.25) is 0 Å². The second kappa shape index (κ2) is 6.22. The molecule has 108 valence electrons. The lowest BCUT2D eigenvalue weighted by Gasteiger charge is -2.23. The molecule has 2 aliphatic rings. The lowest BCUT2D eigenvalue weighted by atomic mass is 9.83. The maximum Gasteiger partial charge on any atom is 0.0439 e. The molecule has 1 fully saturated rings. The molecule has 0 amide bonds. The molecule has 0 bridgehead atoms. The molecule has 0 saturated heterocycles. The van der Waals surface area contributed by atoms with Crippen molar-refractivity contribution in [2.45, 2.75) is 38.5 Å². The number of hydrogen-bond acceptors (Lipinski definition) is 1. The fraction of sp³-hybridized carbons (Fsp3) is 0.556. The summed E-state index contributed by atoms with van der Waals surface area (Å²) in [6, 6.07) is 6.87. The summed E-state index contributed by atoms with van der Waals surface area (Å²) < 4.78 is 0. The molecule has 1 aromatic rings. The van der Waals surface area contributed by atoms with Crippen LogP contribution in [-0.2, 0) is 6.42 Å². The average molecular weight is 290 g/mol. The summed E-state index contributed by atoms with van der Waals surface area (Å²) in [5.74, 6) is 1.40. The second-order valence-corrected chi connectivity index (χ2v) is 6.51. The third-order valence-corrected chi connectivity index (χ3v) is 5.18. The predicted molar refractivity (Wildman–Crippen MR) is 88.7 cm³/mol. The van der Waals surface area contributed by atoms with Crippen molar-refractivity contribution in [1.82, 2.24) is 0 Å². The van der Waals surface area contributed by atoms with E-state index in [9.17, 15) is 0 Å². The van der Waals surface area contributed by atoms with Gasteiger partial charge in [-0.2, -0.15) is 0 Å². The SMILES string of the molecule is CN1CCc2cc(/C=C(/CCl)C3CCCCC3)ccc21. The van der Waals surface area contributed by atoms with Gasteiger partial charge >= 0.3 is 0 Å². The zero-order chi connectivity index (χ0) is 13.9. The summed E-state index contributed by atoms with van der Waals surface area (Å²) in [4.78, 5) is 2.34. The Morgan fingerprint density at radius 1 is 1.30 bits per heavy atom. The minimum atomic E-state index is 0.682. The van der Waals surface area contributed by atoms with Crippen molar-refractivity contribution in [2.75, 3.05) is 24.4 Å². The number of likely N-dealkylation sites (N-methyl/N-ethyl adjacent to an activating group) is 1. The highest BCUT2D eigenvalue weighted by Gasteiger charge is 2.18. The molecule has 0 aromatic heterocycles. The molecular weight excluding hydrogens is 266 g/mol. The Kier molecular flexibility index (Phi) is 4.35. The summed E-state index contributed by atoms with van der Waals surface area (Å²) in [5.41, 5.74) is 5.66. The predicted octanol–water partition coefficient (Wildman–Crippen LogP) is 4.88. The topological polar surface area (TPSA) is 3.24 Å². The average Bonchev–Trinajstić information content (AvgIpc) is 2.86. The Labute approximate surface area is 127 Å². The van der Waals surface area contributed by atoms with Gasteiger partial charge in [0.05, 0.1) is 0 Å². The van der Waals surface area contributed by atoms with E-state index in [1.54, 1.807) is 0 Å². The van der Waals surface area contributed by atoms with Crippen molar-refractivity contribution >= 4 is 23.4 Å². The van der Waals surface area contributed by atoms with Crippen molar-refractivity contribution in [3.63, 3.8) is 0 Å². The Morgan fingerprint density at radius 2 is 2.10 bits per heavy atom. The van der Waals surface area contributed by atoms with Crippen molar-refractivity contribution in [2.24, 2.45) is 5.92 Å². The van der Waals surface area contributed by atoms with Gasteiger partial charge in [0.1, 0.15) is 0 Å². The summed E-state index contributed by atoms with van der Waals surface area (Å²) in [5, 5.41) is 0. The van der Waals surface area contributed by atoms with E-state index in [1.807, 2.05) is 0 Å². The van der Waals surface area contributed by atoms with Crippen LogP contribution < -0.4 is 4.90 Å². The van der Waals surface area contributed by atoms with E-state index in [1.165, 1.54) is 60.9 Å². The molecule has 20 heavy (non-hydrogen) atoms. The van der Waals surface area contributed by atoms with Crippen LogP contribution in [0.3, 0.4) is 0 Å². The Hall–Kier alpha value is -0.950. The summed E-state index contributed by atoms with van der Waals surface area (Å²) in [6.45, 7) is 1.15. The van der Waals surface area contributed by atoms with E-state index >= 15 is 0 Å². The minimum Gasteiger partial charge on any atom is -0.374 e. The molecule has 0 spiro atoms. The van der Waals surface area contributed by atoms with Gasteiger partial charge in [-0.05, 0) is 48.4 Å². The molecule has 1 aliphatic carbocycles.